The highest BCUT2D eigenvalue weighted by molar-refractivity contribution is 9.11. The van der Waals surface area contributed by atoms with E-state index >= 15 is 0 Å². The van der Waals surface area contributed by atoms with Crippen molar-refractivity contribution in [2.75, 3.05) is 0 Å². The van der Waals surface area contributed by atoms with E-state index in [0.717, 1.165) is 19.8 Å². The third kappa shape index (κ3) is 2.60. The van der Waals surface area contributed by atoms with Gasteiger partial charge in [0.25, 0.3) is 5.89 Å². The Morgan fingerprint density at radius 2 is 1.95 bits per heavy atom. The van der Waals surface area contributed by atoms with Crippen LogP contribution in [-0.4, -0.2) is 10.1 Å². The topological polar surface area (TPSA) is 64.9 Å². The van der Waals surface area contributed by atoms with Gasteiger partial charge in [0, 0.05) is 12.1 Å². The van der Waals surface area contributed by atoms with E-state index in [2.05, 4.69) is 26.1 Å². The summed E-state index contributed by atoms with van der Waals surface area (Å²) in [4.78, 5) is 5.37. The van der Waals surface area contributed by atoms with E-state index in [9.17, 15) is 0 Å². The highest BCUT2D eigenvalue weighted by atomic mass is 79.9. The smallest absolute Gasteiger partial charge is 0.258 e. The second-order valence-corrected chi connectivity index (χ2v) is 6.39. The summed E-state index contributed by atoms with van der Waals surface area (Å²) >= 11 is 4.99. The van der Waals surface area contributed by atoms with Crippen LogP contribution >= 0.6 is 27.3 Å². The number of aromatic nitrogens is 2. The second-order valence-electron chi connectivity index (χ2n) is 3.93. The van der Waals surface area contributed by atoms with E-state index in [-0.39, 0.29) is 0 Å². The van der Waals surface area contributed by atoms with Crippen LogP contribution in [0.5, 0.6) is 0 Å². The molecule has 3 aromatic rings. The molecule has 19 heavy (non-hydrogen) atoms. The van der Waals surface area contributed by atoms with E-state index < -0.39 is 0 Å². The molecule has 96 valence electrons. The van der Waals surface area contributed by atoms with Gasteiger partial charge in [-0.1, -0.05) is 17.3 Å². The summed E-state index contributed by atoms with van der Waals surface area (Å²) in [5.41, 5.74) is 7.54. The molecule has 2 N–H and O–H groups in total. The highest BCUT2D eigenvalue weighted by Crippen LogP contribution is 2.30. The number of rotatable bonds is 3. The third-order valence-corrected chi connectivity index (χ3v) is 4.28. The van der Waals surface area contributed by atoms with Crippen molar-refractivity contribution in [3.05, 3.63) is 45.7 Å². The minimum Gasteiger partial charge on any atom is -0.334 e. The van der Waals surface area contributed by atoms with E-state index in [1.807, 2.05) is 36.4 Å². The first-order valence-corrected chi connectivity index (χ1v) is 7.26. The molecule has 0 amide bonds. The van der Waals surface area contributed by atoms with Crippen LogP contribution in [0, 0.1) is 0 Å². The molecule has 2 heterocycles. The summed E-state index contributed by atoms with van der Waals surface area (Å²) in [6.07, 6.45) is 0. The molecule has 2 aromatic heterocycles. The van der Waals surface area contributed by atoms with E-state index in [0.29, 0.717) is 18.3 Å². The van der Waals surface area contributed by atoms with Gasteiger partial charge in [0.2, 0.25) is 5.82 Å². The number of hydrogen-bond donors (Lipinski definition) is 1. The van der Waals surface area contributed by atoms with Gasteiger partial charge in [0.05, 0.1) is 8.66 Å². The van der Waals surface area contributed by atoms with Gasteiger partial charge in [0.1, 0.15) is 0 Å². The first-order valence-electron chi connectivity index (χ1n) is 5.65. The lowest BCUT2D eigenvalue weighted by molar-refractivity contribution is 0.432. The van der Waals surface area contributed by atoms with Crippen LogP contribution in [0.15, 0.2) is 44.7 Å². The van der Waals surface area contributed by atoms with Gasteiger partial charge in [-0.2, -0.15) is 4.98 Å². The summed E-state index contributed by atoms with van der Waals surface area (Å²) in [7, 11) is 0. The molecule has 0 saturated carbocycles. The second kappa shape index (κ2) is 5.24. The van der Waals surface area contributed by atoms with Crippen molar-refractivity contribution >= 4 is 27.3 Å². The number of benzene rings is 1. The molecular formula is C13H10BrN3OS. The van der Waals surface area contributed by atoms with Crippen LogP contribution in [0.4, 0.5) is 0 Å². The van der Waals surface area contributed by atoms with Crippen molar-refractivity contribution in [1.82, 2.24) is 10.1 Å². The zero-order chi connectivity index (χ0) is 13.2. The van der Waals surface area contributed by atoms with Gasteiger partial charge >= 0.3 is 0 Å². The fourth-order valence-electron chi connectivity index (χ4n) is 1.66. The minimum absolute atomic E-state index is 0.517. The quantitative estimate of drug-likeness (QED) is 0.792. The molecule has 0 fully saturated rings. The lowest BCUT2D eigenvalue weighted by Gasteiger charge is -1.96. The Kier molecular flexibility index (Phi) is 3.46. The maximum absolute atomic E-state index is 5.57. The van der Waals surface area contributed by atoms with Crippen molar-refractivity contribution in [3.63, 3.8) is 0 Å². The molecule has 3 rings (SSSR count). The largest absolute Gasteiger partial charge is 0.334 e. The van der Waals surface area contributed by atoms with Crippen LogP contribution in [0.2, 0.25) is 0 Å². The summed E-state index contributed by atoms with van der Waals surface area (Å²) in [6.45, 7) is 0.526. The Morgan fingerprint density at radius 1 is 1.16 bits per heavy atom. The van der Waals surface area contributed by atoms with Crippen LogP contribution in [0.25, 0.3) is 22.2 Å². The molecule has 1 aromatic carbocycles. The lowest BCUT2D eigenvalue weighted by atomic mass is 10.1. The predicted octanol–water partition coefficient (Wildman–Crippen LogP) is 3.69. The normalized spacial score (nSPS) is 10.8. The SMILES string of the molecule is NCc1ccc(-c2nc(-c3ccc(Br)s3)no2)cc1. The van der Waals surface area contributed by atoms with Crippen molar-refractivity contribution in [2.24, 2.45) is 5.73 Å². The Labute approximate surface area is 122 Å². The van der Waals surface area contributed by atoms with E-state index in [1.54, 1.807) is 11.3 Å². The number of hydrogen-bond acceptors (Lipinski definition) is 5. The van der Waals surface area contributed by atoms with Crippen LogP contribution < -0.4 is 5.73 Å². The van der Waals surface area contributed by atoms with E-state index in [1.165, 1.54) is 0 Å². The average molecular weight is 336 g/mol. The Morgan fingerprint density at radius 3 is 2.58 bits per heavy atom. The van der Waals surface area contributed by atoms with Gasteiger partial charge in [-0.05, 0) is 45.8 Å². The predicted molar refractivity (Wildman–Crippen MR) is 78.6 cm³/mol. The Hall–Kier alpha value is -1.50. The monoisotopic (exact) mass is 335 g/mol. The zero-order valence-corrected chi connectivity index (χ0v) is 12.2. The maximum atomic E-state index is 5.57. The molecule has 4 nitrogen and oxygen atoms in total. The summed E-state index contributed by atoms with van der Waals surface area (Å²) in [6, 6.07) is 11.7. The molecule has 0 bridgehead atoms. The fourth-order valence-corrected chi connectivity index (χ4v) is 2.97. The third-order valence-electron chi connectivity index (χ3n) is 2.66. The maximum Gasteiger partial charge on any atom is 0.258 e. The summed E-state index contributed by atoms with van der Waals surface area (Å²) in [5.74, 6) is 1.12. The Bertz CT molecular complexity index is 690. The van der Waals surface area contributed by atoms with E-state index in [4.69, 9.17) is 10.3 Å². The first-order chi connectivity index (χ1) is 9.26. The number of nitrogens with zero attached hydrogens (tertiary/aromatic N) is 2. The summed E-state index contributed by atoms with van der Waals surface area (Å²) in [5, 5.41) is 4.00. The van der Waals surface area contributed by atoms with Gasteiger partial charge in [0.15, 0.2) is 0 Å². The van der Waals surface area contributed by atoms with Crippen molar-refractivity contribution < 1.29 is 4.52 Å². The van der Waals surface area contributed by atoms with Crippen molar-refractivity contribution in [3.8, 4) is 22.2 Å². The molecular weight excluding hydrogens is 326 g/mol. The summed E-state index contributed by atoms with van der Waals surface area (Å²) < 4.78 is 6.33. The van der Waals surface area contributed by atoms with Gasteiger partial charge in [-0.25, -0.2) is 0 Å². The molecule has 0 radical (unpaired) electrons. The molecule has 0 aliphatic carbocycles. The van der Waals surface area contributed by atoms with Gasteiger partial charge in [-0.15, -0.1) is 11.3 Å². The standard InChI is InChI=1S/C13H10BrN3OS/c14-11-6-5-10(19-11)12-16-13(18-17-12)9-3-1-8(7-15)2-4-9/h1-6H,7,15H2. The van der Waals surface area contributed by atoms with Gasteiger partial charge < -0.3 is 10.3 Å². The molecule has 0 aliphatic rings. The number of nitrogens with two attached hydrogens (primary N) is 1. The first kappa shape index (κ1) is 12.5. The van der Waals surface area contributed by atoms with Crippen molar-refractivity contribution in [2.45, 2.75) is 6.54 Å². The average Bonchev–Trinajstić information content (AvgIpc) is 3.07. The molecule has 0 unspecified atom stereocenters. The fraction of sp³-hybridized carbons (Fsp3) is 0.0769. The number of thiophene rings is 1. The van der Waals surface area contributed by atoms with Gasteiger partial charge in [-0.3, -0.25) is 0 Å². The highest BCUT2D eigenvalue weighted by Gasteiger charge is 2.12. The van der Waals surface area contributed by atoms with Crippen LogP contribution in [0.1, 0.15) is 5.56 Å². The molecule has 0 aliphatic heterocycles. The number of halogens is 1. The zero-order valence-electron chi connectivity index (χ0n) is 9.84. The minimum atomic E-state index is 0.517. The van der Waals surface area contributed by atoms with Crippen molar-refractivity contribution in [1.29, 1.82) is 0 Å². The van der Waals surface area contributed by atoms with Crippen LogP contribution in [0.3, 0.4) is 0 Å². The molecule has 6 heteroatoms. The molecule has 0 saturated heterocycles. The Balaban J connectivity index is 1.91. The lowest BCUT2D eigenvalue weighted by Crippen LogP contribution is -1.95. The molecule has 0 spiro atoms. The van der Waals surface area contributed by atoms with Crippen LogP contribution in [-0.2, 0) is 6.54 Å². The molecule has 0 atom stereocenters.